The summed E-state index contributed by atoms with van der Waals surface area (Å²) in [4.78, 5) is 0. The summed E-state index contributed by atoms with van der Waals surface area (Å²) in [5.41, 5.74) is 1.84. The monoisotopic (exact) mass is 241 g/mol. The van der Waals surface area contributed by atoms with Crippen LogP contribution < -0.4 is 5.32 Å². The van der Waals surface area contributed by atoms with Gasteiger partial charge in [-0.2, -0.15) is 0 Å². The van der Waals surface area contributed by atoms with Crippen LogP contribution in [0.3, 0.4) is 0 Å². The van der Waals surface area contributed by atoms with E-state index in [4.69, 9.17) is 0 Å². The standard InChI is InChI=1S/C10H9F2N3S/c1-6(14-10-15-13-5-16-10)7-3-2-4-8(11)9(7)12/h2-6H,1H3,(H,14,15). The summed E-state index contributed by atoms with van der Waals surface area (Å²) in [5.74, 6) is -1.67. The van der Waals surface area contributed by atoms with Gasteiger partial charge in [0.25, 0.3) is 0 Å². The Hall–Kier alpha value is -1.56. The highest BCUT2D eigenvalue weighted by atomic mass is 32.1. The van der Waals surface area contributed by atoms with Crippen molar-refractivity contribution in [3.05, 3.63) is 40.9 Å². The van der Waals surface area contributed by atoms with Gasteiger partial charge in [0.05, 0.1) is 6.04 Å². The minimum atomic E-state index is -0.844. The first kappa shape index (κ1) is 10.9. The van der Waals surface area contributed by atoms with Crippen molar-refractivity contribution in [2.75, 3.05) is 5.32 Å². The number of hydrogen-bond acceptors (Lipinski definition) is 4. The molecule has 2 aromatic rings. The van der Waals surface area contributed by atoms with Crippen LogP contribution in [0.25, 0.3) is 0 Å². The zero-order valence-corrected chi connectivity index (χ0v) is 9.26. The quantitative estimate of drug-likeness (QED) is 0.897. The fourth-order valence-electron chi connectivity index (χ4n) is 1.35. The van der Waals surface area contributed by atoms with Crippen LogP contribution >= 0.6 is 11.3 Å². The molecule has 0 bridgehead atoms. The number of nitrogens with one attached hydrogen (secondary N) is 1. The molecule has 0 radical (unpaired) electrons. The highest BCUT2D eigenvalue weighted by Gasteiger charge is 2.14. The van der Waals surface area contributed by atoms with Crippen molar-refractivity contribution in [1.82, 2.24) is 10.2 Å². The molecule has 16 heavy (non-hydrogen) atoms. The summed E-state index contributed by atoms with van der Waals surface area (Å²) in [6.45, 7) is 1.74. The summed E-state index contributed by atoms with van der Waals surface area (Å²) in [5, 5.41) is 10.9. The van der Waals surface area contributed by atoms with E-state index in [1.165, 1.54) is 23.5 Å². The number of aromatic nitrogens is 2. The molecule has 1 aromatic carbocycles. The molecule has 1 N–H and O–H groups in total. The van der Waals surface area contributed by atoms with E-state index in [-0.39, 0.29) is 11.6 Å². The Morgan fingerprint density at radius 2 is 2.19 bits per heavy atom. The molecule has 0 aliphatic rings. The van der Waals surface area contributed by atoms with Crippen molar-refractivity contribution in [3.63, 3.8) is 0 Å². The topological polar surface area (TPSA) is 37.8 Å². The van der Waals surface area contributed by atoms with E-state index in [0.29, 0.717) is 5.13 Å². The molecule has 3 nitrogen and oxygen atoms in total. The second-order valence-electron chi connectivity index (χ2n) is 3.25. The van der Waals surface area contributed by atoms with Gasteiger partial charge in [-0.25, -0.2) is 8.78 Å². The Labute approximate surface area is 95.1 Å². The first-order valence-corrected chi connectivity index (χ1v) is 5.53. The molecule has 1 unspecified atom stereocenters. The number of hydrogen-bond donors (Lipinski definition) is 1. The predicted molar refractivity (Wildman–Crippen MR) is 58.3 cm³/mol. The lowest BCUT2D eigenvalue weighted by molar-refractivity contribution is 0.494. The van der Waals surface area contributed by atoms with Crippen LogP contribution in [0.4, 0.5) is 13.9 Å². The minimum absolute atomic E-state index is 0.273. The molecule has 1 heterocycles. The third-order valence-corrected chi connectivity index (χ3v) is 2.77. The first-order chi connectivity index (χ1) is 7.68. The van der Waals surface area contributed by atoms with Crippen LogP contribution in [-0.2, 0) is 0 Å². The average Bonchev–Trinajstić information content (AvgIpc) is 2.74. The van der Waals surface area contributed by atoms with E-state index in [1.807, 2.05) is 0 Å². The van der Waals surface area contributed by atoms with Gasteiger partial charge < -0.3 is 5.32 Å². The Morgan fingerprint density at radius 3 is 2.88 bits per heavy atom. The molecule has 1 aromatic heterocycles. The average molecular weight is 241 g/mol. The van der Waals surface area contributed by atoms with Gasteiger partial charge in [0, 0.05) is 5.56 Å². The second kappa shape index (κ2) is 4.52. The first-order valence-electron chi connectivity index (χ1n) is 4.65. The normalized spacial score (nSPS) is 12.4. The van der Waals surface area contributed by atoms with Crippen LogP contribution in [0.1, 0.15) is 18.5 Å². The summed E-state index contributed by atoms with van der Waals surface area (Å²) in [6, 6.07) is 3.75. The molecule has 0 aliphatic heterocycles. The van der Waals surface area contributed by atoms with Gasteiger partial charge in [-0.3, -0.25) is 0 Å². The number of nitrogens with zero attached hydrogens (tertiary/aromatic N) is 2. The number of benzene rings is 1. The van der Waals surface area contributed by atoms with Crippen molar-refractivity contribution in [2.45, 2.75) is 13.0 Å². The Morgan fingerprint density at radius 1 is 1.38 bits per heavy atom. The molecular weight excluding hydrogens is 232 g/mol. The largest absolute Gasteiger partial charge is 0.353 e. The molecule has 0 spiro atoms. The highest BCUT2D eigenvalue weighted by Crippen LogP contribution is 2.23. The van der Waals surface area contributed by atoms with Crippen LogP contribution in [0.2, 0.25) is 0 Å². The third-order valence-electron chi connectivity index (χ3n) is 2.15. The molecule has 0 fully saturated rings. The van der Waals surface area contributed by atoms with E-state index in [1.54, 1.807) is 12.4 Å². The lowest BCUT2D eigenvalue weighted by atomic mass is 10.1. The Balaban J connectivity index is 2.21. The molecular formula is C10H9F2N3S. The summed E-state index contributed by atoms with van der Waals surface area (Å²) < 4.78 is 26.4. The maximum atomic E-state index is 13.4. The summed E-state index contributed by atoms with van der Waals surface area (Å²) >= 11 is 1.31. The number of rotatable bonds is 3. The van der Waals surface area contributed by atoms with E-state index >= 15 is 0 Å². The maximum Gasteiger partial charge on any atom is 0.205 e. The fourth-order valence-corrected chi connectivity index (χ4v) is 1.89. The maximum absolute atomic E-state index is 13.4. The zero-order chi connectivity index (χ0) is 11.5. The lowest BCUT2D eigenvalue weighted by Gasteiger charge is -2.13. The van der Waals surface area contributed by atoms with Gasteiger partial charge in [0.2, 0.25) is 5.13 Å². The van der Waals surface area contributed by atoms with Gasteiger partial charge in [-0.05, 0) is 13.0 Å². The van der Waals surface area contributed by atoms with Crippen molar-refractivity contribution < 1.29 is 8.78 Å². The minimum Gasteiger partial charge on any atom is -0.353 e. The molecule has 0 amide bonds. The van der Waals surface area contributed by atoms with Gasteiger partial charge in [0.1, 0.15) is 5.51 Å². The molecule has 6 heteroatoms. The smallest absolute Gasteiger partial charge is 0.205 e. The predicted octanol–water partition coefficient (Wildman–Crippen LogP) is 2.99. The number of halogens is 2. The third kappa shape index (κ3) is 2.16. The van der Waals surface area contributed by atoms with Crippen molar-refractivity contribution >= 4 is 16.5 Å². The van der Waals surface area contributed by atoms with Crippen molar-refractivity contribution in [1.29, 1.82) is 0 Å². The van der Waals surface area contributed by atoms with Crippen molar-refractivity contribution in [3.8, 4) is 0 Å². The van der Waals surface area contributed by atoms with Crippen LogP contribution in [0, 0.1) is 11.6 Å². The fraction of sp³-hybridized carbons (Fsp3) is 0.200. The Bertz CT molecular complexity index is 473. The highest BCUT2D eigenvalue weighted by molar-refractivity contribution is 7.13. The van der Waals surface area contributed by atoms with Gasteiger partial charge >= 0.3 is 0 Å². The Kier molecular flexibility index (Phi) is 3.09. The van der Waals surface area contributed by atoms with Crippen molar-refractivity contribution in [2.24, 2.45) is 0 Å². The van der Waals surface area contributed by atoms with Crippen LogP contribution in [0.15, 0.2) is 23.7 Å². The van der Waals surface area contributed by atoms with E-state index in [9.17, 15) is 8.78 Å². The molecule has 0 aliphatic carbocycles. The molecule has 2 rings (SSSR count). The molecule has 84 valence electrons. The number of anilines is 1. The van der Waals surface area contributed by atoms with Gasteiger partial charge in [-0.15, -0.1) is 10.2 Å². The van der Waals surface area contributed by atoms with Gasteiger partial charge in [-0.1, -0.05) is 23.5 Å². The molecule has 0 saturated carbocycles. The lowest BCUT2D eigenvalue weighted by Crippen LogP contribution is -2.09. The summed E-state index contributed by atoms with van der Waals surface area (Å²) in [7, 11) is 0. The zero-order valence-electron chi connectivity index (χ0n) is 8.45. The van der Waals surface area contributed by atoms with E-state index < -0.39 is 11.6 Å². The van der Waals surface area contributed by atoms with E-state index in [0.717, 1.165) is 6.07 Å². The molecule has 1 atom stereocenters. The second-order valence-corrected chi connectivity index (χ2v) is 4.09. The summed E-state index contributed by atoms with van der Waals surface area (Å²) in [6.07, 6.45) is 0. The molecule has 0 saturated heterocycles. The van der Waals surface area contributed by atoms with Gasteiger partial charge in [0.15, 0.2) is 11.6 Å². The van der Waals surface area contributed by atoms with Crippen LogP contribution in [-0.4, -0.2) is 10.2 Å². The van der Waals surface area contributed by atoms with E-state index in [2.05, 4.69) is 15.5 Å². The SMILES string of the molecule is CC(Nc1nncs1)c1cccc(F)c1F. The van der Waals surface area contributed by atoms with Crippen LogP contribution in [0.5, 0.6) is 0 Å².